The van der Waals surface area contributed by atoms with Crippen LogP contribution in [0.3, 0.4) is 0 Å². The van der Waals surface area contributed by atoms with Gasteiger partial charge < -0.3 is 14.8 Å². The zero-order chi connectivity index (χ0) is 15.0. The molecule has 0 aromatic heterocycles. The summed E-state index contributed by atoms with van der Waals surface area (Å²) in [6, 6.07) is 4.04. The molecule has 1 N–H and O–H groups in total. The number of unbranched alkanes of at least 4 members (excludes halogenated alkanes) is 1. The van der Waals surface area contributed by atoms with Crippen molar-refractivity contribution in [2.75, 3.05) is 27.3 Å². The van der Waals surface area contributed by atoms with E-state index < -0.39 is 0 Å². The Labute approximate surface area is 131 Å². The third-order valence-electron chi connectivity index (χ3n) is 3.16. The lowest BCUT2D eigenvalue weighted by atomic mass is 10.1. The molecule has 0 unspecified atom stereocenters. The molecule has 1 aromatic carbocycles. The Morgan fingerprint density at radius 3 is 2.40 bits per heavy atom. The number of halogens is 1. The van der Waals surface area contributed by atoms with Crippen molar-refractivity contribution in [1.29, 1.82) is 0 Å². The highest BCUT2D eigenvalue weighted by molar-refractivity contribution is 9.10. The second-order valence-corrected chi connectivity index (χ2v) is 6.21. The number of rotatable bonds is 9. The average Bonchev–Trinajstić information content (AvgIpc) is 2.43. The topological polar surface area (TPSA) is 30.5 Å². The third-order valence-corrected chi connectivity index (χ3v) is 3.78. The maximum Gasteiger partial charge on any atom is 0.133 e. The quantitative estimate of drug-likeness (QED) is 0.686. The molecule has 0 radical (unpaired) electrons. The van der Waals surface area contributed by atoms with Crippen LogP contribution in [-0.2, 0) is 6.42 Å². The maximum absolute atomic E-state index is 5.43. The van der Waals surface area contributed by atoms with E-state index in [0.717, 1.165) is 41.9 Å². The second kappa shape index (κ2) is 9.24. The molecule has 1 aromatic rings. The van der Waals surface area contributed by atoms with Crippen LogP contribution in [0.4, 0.5) is 0 Å². The van der Waals surface area contributed by atoms with Crippen LogP contribution < -0.4 is 14.8 Å². The Kier molecular flexibility index (Phi) is 8.00. The molecule has 0 saturated carbocycles. The van der Waals surface area contributed by atoms with Crippen molar-refractivity contribution < 1.29 is 9.47 Å². The van der Waals surface area contributed by atoms with E-state index in [1.165, 1.54) is 12.0 Å². The van der Waals surface area contributed by atoms with Crippen molar-refractivity contribution in [3.8, 4) is 11.5 Å². The molecule has 3 nitrogen and oxygen atoms in total. The molecule has 0 heterocycles. The monoisotopic (exact) mass is 343 g/mol. The lowest BCUT2D eigenvalue weighted by molar-refractivity contribution is 0.396. The molecular formula is C16H26BrNO2. The third kappa shape index (κ3) is 5.71. The van der Waals surface area contributed by atoms with Crippen molar-refractivity contribution in [3.05, 3.63) is 22.2 Å². The highest BCUT2D eigenvalue weighted by atomic mass is 79.9. The Morgan fingerprint density at radius 2 is 1.80 bits per heavy atom. The summed E-state index contributed by atoms with van der Waals surface area (Å²) in [5.41, 5.74) is 1.21. The largest absolute Gasteiger partial charge is 0.496 e. The van der Waals surface area contributed by atoms with Gasteiger partial charge in [0.25, 0.3) is 0 Å². The molecule has 0 fully saturated rings. The van der Waals surface area contributed by atoms with Crippen molar-refractivity contribution >= 4 is 15.9 Å². The number of nitrogens with one attached hydrogen (secondary N) is 1. The van der Waals surface area contributed by atoms with Gasteiger partial charge in [-0.1, -0.05) is 13.8 Å². The molecule has 0 aliphatic heterocycles. The summed E-state index contributed by atoms with van der Waals surface area (Å²) in [6.07, 6.45) is 3.33. The van der Waals surface area contributed by atoms with Crippen molar-refractivity contribution in [2.24, 2.45) is 5.92 Å². The van der Waals surface area contributed by atoms with Crippen LogP contribution in [0, 0.1) is 5.92 Å². The first-order valence-corrected chi connectivity index (χ1v) is 7.99. The zero-order valence-corrected chi connectivity index (χ0v) is 14.5. The SMILES string of the molecule is COc1cc(CCCCNCC(C)C)c(OC)cc1Br. The molecule has 0 amide bonds. The Hall–Kier alpha value is -0.740. The highest BCUT2D eigenvalue weighted by Crippen LogP contribution is 2.33. The highest BCUT2D eigenvalue weighted by Gasteiger charge is 2.09. The standard InChI is InChI=1S/C16H26BrNO2/c1-12(2)11-18-8-6-5-7-13-9-16(20-4)14(17)10-15(13)19-3/h9-10,12,18H,5-8,11H2,1-4H3. The summed E-state index contributed by atoms with van der Waals surface area (Å²) in [7, 11) is 3.40. The summed E-state index contributed by atoms with van der Waals surface area (Å²) in [6.45, 7) is 6.63. The zero-order valence-electron chi connectivity index (χ0n) is 13.0. The van der Waals surface area contributed by atoms with Gasteiger partial charge in [0, 0.05) is 0 Å². The number of aryl methyl sites for hydroxylation is 1. The summed E-state index contributed by atoms with van der Waals surface area (Å²) in [5, 5.41) is 3.47. The Balaban J connectivity index is 2.46. The molecule has 20 heavy (non-hydrogen) atoms. The lowest BCUT2D eigenvalue weighted by Crippen LogP contribution is -2.20. The van der Waals surface area contributed by atoms with Gasteiger partial charge in [0.05, 0.1) is 18.7 Å². The summed E-state index contributed by atoms with van der Waals surface area (Å²) in [4.78, 5) is 0. The fourth-order valence-corrected chi connectivity index (χ4v) is 2.56. The summed E-state index contributed by atoms with van der Waals surface area (Å²) in [5.74, 6) is 2.50. The number of methoxy groups -OCH3 is 2. The number of ether oxygens (including phenoxy) is 2. The van der Waals surface area contributed by atoms with E-state index in [4.69, 9.17) is 9.47 Å². The smallest absolute Gasteiger partial charge is 0.133 e. The predicted molar refractivity (Wildman–Crippen MR) is 87.9 cm³/mol. The minimum atomic E-state index is 0.714. The number of benzene rings is 1. The van der Waals surface area contributed by atoms with Crippen molar-refractivity contribution in [1.82, 2.24) is 5.32 Å². The van der Waals surface area contributed by atoms with E-state index in [1.807, 2.05) is 6.07 Å². The molecule has 0 spiro atoms. The van der Waals surface area contributed by atoms with Crippen LogP contribution in [0.1, 0.15) is 32.3 Å². The average molecular weight is 344 g/mol. The van der Waals surface area contributed by atoms with Crippen molar-refractivity contribution in [3.63, 3.8) is 0 Å². The van der Waals surface area contributed by atoms with Gasteiger partial charge in [0.15, 0.2) is 0 Å². The van der Waals surface area contributed by atoms with Gasteiger partial charge in [-0.15, -0.1) is 0 Å². The van der Waals surface area contributed by atoms with Crippen LogP contribution in [0.15, 0.2) is 16.6 Å². The second-order valence-electron chi connectivity index (χ2n) is 5.35. The fourth-order valence-electron chi connectivity index (χ4n) is 2.08. The Morgan fingerprint density at radius 1 is 1.10 bits per heavy atom. The van der Waals surface area contributed by atoms with Crippen LogP contribution in [0.5, 0.6) is 11.5 Å². The van der Waals surface area contributed by atoms with E-state index in [0.29, 0.717) is 5.92 Å². The fraction of sp³-hybridized carbons (Fsp3) is 0.625. The van der Waals surface area contributed by atoms with E-state index in [9.17, 15) is 0 Å². The minimum absolute atomic E-state index is 0.714. The van der Waals surface area contributed by atoms with E-state index in [-0.39, 0.29) is 0 Å². The molecular weight excluding hydrogens is 318 g/mol. The predicted octanol–water partition coefficient (Wildman–Crippen LogP) is 4.03. The molecule has 0 bridgehead atoms. The van der Waals surface area contributed by atoms with Crippen LogP contribution in [0.2, 0.25) is 0 Å². The van der Waals surface area contributed by atoms with Crippen LogP contribution >= 0.6 is 15.9 Å². The van der Waals surface area contributed by atoms with Gasteiger partial charge >= 0.3 is 0 Å². The van der Waals surface area contributed by atoms with E-state index in [1.54, 1.807) is 14.2 Å². The van der Waals surface area contributed by atoms with Gasteiger partial charge in [-0.25, -0.2) is 0 Å². The molecule has 0 saturated heterocycles. The first kappa shape index (κ1) is 17.3. The van der Waals surface area contributed by atoms with Gasteiger partial charge in [-0.05, 0) is 71.9 Å². The van der Waals surface area contributed by atoms with Gasteiger partial charge in [0.2, 0.25) is 0 Å². The number of hydrogen-bond donors (Lipinski definition) is 1. The van der Waals surface area contributed by atoms with E-state index >= 15 is 0 Å². The Bertz CT molecular complexity index is 408. The first-order chi connectivity index (χ1) is 9.58. The molecule has 1 rings (SSSR count). The molecule has 0 aliphatic carbocycles. The molecule has 0 atom stereocenters. The van der Waals surface area contributed by atoms with Gasteiger partial charge in [0.1, 0.15) is 11.5 Å². The normalized spacial score (nSPS) is 10.9. The minimum Gasteiger partial charge on any atom is -0.496 e. The molecule has 0 aliphatic rings. The first-order valence-electron chi connectivity index (χ1n) is 7.19. The van der Waals surface area contributed by atoms with E-state index in [2.05, 4.69) is 41.2 Å². The van der Waals surface area contributed by atoms with Gasteiger partial charge in [-0.3, -0.25) is 0 Å². The van der Waals surface area contributed by atoms with Crippen LogP contribution in [-0.4, -0.2) is 27.3 Å². The van der Waals surface area contributed by atoms with Crippen LogP contribution in [0.25, 0.3) is 0 Å². The van der Waals surface area contributed by atoms with Gasteiger partial charge in [-0.2, -0.15) is 0 Å². The number of hydrogen-bond acceptors (Lipinski definition) is 3. The summed E-state index contributed by atoms with van der Waals surface area (Å²) >= 11 is 3.48. The lowest BCUT2D eigenvalue weighted by Gasteiger charge is -2.12. The molecule has 4 heteroatoms. The molecule has 114 valence electrons. The summed E-state index contributed by atoms with van der Waals surface area (Å²) < 4.78 is 11.7. The maximum atomic E-state index is 5.43. The van der Waals surface area contributed by atoms with Crippen molar-refractivity contribution in [2.45, 2.75) is 33.1 Å².